The molecule has 0 bridgehead atoms. The van der Waals surface area contributed by atoms with Gasteiger partial charge < -0.3 is 4.74 Å². The lowest BCUT2D eigenvalue weighted by Gasteiger charge is -2.05. The molecule has 1 aliphatic heterocycles. The molecule has 3 heteroatoms. The van der Waals surface area contributed by atoms with Gasteiger partial charge in [0.1, 0.15) is 5.25 Å². The molecule has 0 saturated carbocycles. The predicted molar refractivity (Wildman–Crippen MR) is 41.8 cm³/mol. The normalized spacial score (nSPS) is 23.1. The van der Waals surface area contributed by atoms with E-state index in [0.29, 0.717) is 6.61 Å². The molecular formula is C7H10O2S. The molecule has 0 aromatic heterocycles. The first-order valence-corrected chi connectivity index (χ1v) is 4.26. The topological polar surface area (TPSA) is 26.3 Å². The molecule has 56 valence electrons. The van der Waals surface area contributed by atoms with Crippen molar-refractivity contribution < 1.29 is 9.53 Å². The van der Waals surface area contributed by atoms with Crippen molar-refractivity contribution in [3.05, 3.63) is 11.5 Å². The van der Waals surface area contributed by atoms with Crippen LogP contribution in [0, 0.1) is 0 Å². The molecule has 0 N–H and O–H groups in total. The van der Waals surface area contributed by atoms with E-state index in [9.17, 15) is 4.79 Å². The van der Waals surface area contributed by atoms with Crippen molar-refractivity contribution in [1.82, 2.24) is 0 Å². The van der Waals surface area contributed by atoms with Crippen LogP contribution in [0.4, 0.5) is 0 Å². The van der Waals surface area contributed by atoms with Crippen LogP contribution in [0.3, 0.4) is 0 Å². The van der Waals surface area contributed by atoms with E-state index in [1.54, 1.807) is 0 Å². The van der Waals surface area contributed by atoms with Gasteiger partial charge in [-0.1, -0.05) is 6.08 Å². The van der Waals surface area contributed by atoms with Crippen LogP contribution in [0.1, 0.15) is 13.3 Å². The van der Waals surface area contributed by atoms with Crippen LogP contribution in [-0.4, -0.2) is 17.8 Å². The molecule has 0 spiro atoms. The Morgan fingerprint density at radius 1 is 1.90 bits per heavy atom. The van der Waals surface area contributed by atoms with Crippen LogP contribution >= 0.6 is 11.8 Å². The Kier molecular flexibility index (Phi) is 2.81. The average molecular weight is 158 g/mol. The van der Waals surface area contributed by atoms with Crippen molar-refractivity contribution in [3.8, 4) is 0 Å². The second-order valence-electron chi connectivity index (χ2n) is 1.98. The molecule has 0 aromatic carbocycles. The van der Waals surface area contributed by atoms with E-state index in [0.717, 1.165) is 6.42 Å². The van der Waals surface area contributed by atoms with Gasteiger partial charge in [-0.15, -0.1) is 11.8 Å². The van der Waals surface area contributed by atoms with Gasteiger partial charge in [0.05, 0.1) is 6.61 Å². The van der Waals surface area contributed by atoms with E-state index in [1.165, 1.54) is 11.8 Å². The van der Waals surface area contributed by atoms with E-state index in [4.69, 9.17) is 4.74 Å². The minimum Gasteiger partial charge on any atom is -0.465 e. The Bertz CT molecular complexity index is 146. The maximum Gasteiger partial charge on any atom is 0.319 e. The second kappa shape index (κ2) is 3.66. The predicted octanol–water partition coefficient (Wildman–Crippen LogP) is 1.57. The highest BCUT2D eigenvalue weighted by molar-refractivity contribution is 8.03. The van der Waals surface area contributed by atoms with Gasteiger partial charge in [-0.25, -0.2) is 0 Å². The molecule has 0 aliphatic carbocycles. The number of hydrogen-bond donors (Lipinski definition) is 0. The molecule has 1 aliphatic rings. The maximum atomic E-state index is 11.0. The zero-order chi connectivity index (χ0) is 7.40. The first-order valence-electron chi connectivity index (χ1n) is 3.31. The lowest BCUT2D eigenvalue weighted by atomic mass is 10.3. The Morgan fingerprint density at radius 3 is 3.20 bits per heavy atom. The molecule has 1 heterocycles. The number of esters is 1. The summed E-state index contributed by atoms with van der Waals surface area (Å²) < 4.78 is 4.83. The van der Waals surface area contributed by atoms with Crippen molar-refractivity contribution in [2.24, 2.45) is 0 Å². The molecule has 10 heavy (non-hydrogen) atoms. The molecular weight excluding hydrogens is 148 g/mol. The number of carbonyl (C=O) groups excluding carboxylic acids is 1. The zero-order valence-corrected chi connectivity index (χ0v) is 6.69. The highest BCUT2D eigenvalue weighted by Gasteiger charge is 2.20. The van der Waals surface area contributed by atoms with Crippen LogP contribution in [-0.2, 0) is 9.53 Å². The van der Waals surface area contributed by atoms with Crippen molar-refractivity contribution in [2.75, 3.05) is 6.61 Å². The number of carbonyl (C=O) groups is 1. The van der Waals surface area contributed by atoms with E-state index in [1.807, 2.05) is 18.4 Å². The standard InChI is InChI=1S/C7H10O2S/c1-2-9-7(8)6-4-3-5-10-6/h3,5-6H,2,4H2,1H3. The fourth-order valence-electron chi connectivity index (χ4n) is 0.772. The summed E-state index contributed by atoms with van der Waals surface area (Å²) in [5.41, 5.74) is 0. The van der Waals surface area contributed by atoms with Crippen molar-refractivity contribution in [1.29, 1.82) is 0 Å². The van der Waals surface area contributed by atoms with Gasteiger partial charge in [0.2, 0.25) is 0 Å². The molecule has 0 aromatic rings. The molecule has 1 unspecified atom stereocenters. The molecule has 0 saturated heterocycles. The van der Waals surface area contributed by atoms with Gasteiger partial charge in [-0.05, 0) is 18.8 Å². The van der Waals surface area contributed by atoms with Crippen LogP contribution in [0.15, 0.2) is 11.5 Å². The third-order valence-electron chi connectivity index (χ3n) is 1.24. The summed E-state index contributed by atoms with van der Waals surface area (Å²) in [5.74, 6) is -0.0856. The summed E-state index contributed by atoms with van der Waals surface area (Å²) >= 11 is 1.54. The highest BCUT2D eigenvalue weighted by Crippen LogP contribution is 2.24. The first-order chi connectivity index (χ1) is 4.84. The Labute approximate surface area is 64.6 Å². The number of thioether (sulfide) groups is 1. The molecule has 0 fully saturated rings. The van der Waals surface area contributed by atoms with Crippen LogP contribution in [0.5, 0.6) is 0 Å². The third-order valence-corrected chi connectivity index (χ3v) is 2.30. The van der Waals surface area contributed by atoms with Gasteiger partial charge >= 0.3 is 5.97 Å². The fourth-order valence-corrected chi connectivity index (χ4v) is 1.59. The van der Waals surface area contributed by atoms with Crippen LogP contribution < -0.4 is 0 Å². The Hall–Kier alpha value is -0.440. The van der Waals surface area contributed by atoms with Crippen LogP contribution in [0.2, 0.25) is 0 Å². The lowest BCUT2D eigenvalue weighted by molar-refractivity contribution is -0.142. The molecule has 1 atom stereocenters. The summed E-state index contributed by atoms with van der Waals surface area (Å²) in [6.45, 7) is 2.31. The zero-order valence-electron chi connectivity index (χ0n) is 5.87. The van der Waals surface area contributed by atoms with Crippen molar-refractivity contribution >= 4 is 17.7 Å². The largest absolute Gasteiger partial charge is 0.465 e. The monoisotopic (exact) mass is 158 g/mol. The SMILES string of the molecule is CCOC(=O)C1CC=CS1. The Morgan fingerprint density at radius 2 is 2.70 bits per heavy atom. The number of allylic oxidation sites excluding steroid dienone is 1. The van der Waals surface area contributed by atoms with Gasteiger partial charge in [-0.3, -0.25) is 4.79 Å². The van der Waals surface area contributed by atoms with Gasteiger partial charge in [0.25, 0.3) is 0 Å². The maximum absolute atomic E-state index is 11.0. The number of hydrogen-bond acceptors (Lipinski definition) is 3. The van der Waals surface area contributed by atoms with E-state index < -0.39 is 0 Å². The molecule has 0 radical (unpaired) electrons. The summed E-state index contributed by atoms with van der Waals surface area (Å²) in [6, 6.07) is 0. The lowest BCUT2D eigenvalue weighted by Crippen LogP contribution is -2.17. The minimum absolute atomic E-state index is 0.0277. The molecule has 1 rings (SSSR count). The van der Waals surface area contributed by atoms with Gasteiger partial charge in [-0.2, -0.15) is 0 Å². The van der Waals surface area contributed by atoms with Crippen molar-refractivity contribution in [3.63, 3.8) is 0 Å². The average Bonchev–Trinajstić information content (AvgIpc) is 2.38. The summed E-state index contributed by atoms with van der Waals surface area (Å²) in [4.78, 5) is 11.0. The second-order valence-corrected chi connectivity index (χ2v) is 3.10. The summed E-state index contributed by atoms with van der Waals surface area (Å²) in [7, 11) is 0. The first kappa shape index (κ1) is 7.66. The smallest absolute Gasteiger partial charge is 0.319 e. The summed E-state index contributed by atoms with van der Waals surface area (Å²) in [6.07, 6.45) is 2.82. The minimum atomic E-state index is -0.0856. The molecule has 2 nitrogen and oxygen atoms in total. The number of ether oxygens (including phenoxy) is 1. The van der Waals surface area contributed by atoms with Crippen molar-refractivity contribution in [2.45, 2.75) is 18.6 Å². The highest BCUT2D eigenvalue weighted by atomic mass is 32.2. The third kappa shape index (κ3) is 1.77. The van der Waals surface area contributed by atoms with Crippen LogP contribution in [0.25, 0.3) is 0 Å². The Balaban J connectivity index is 2.28. The van der Waals surface area contributed by atoms with Gasteiger partial charge in [0.15, 0.2) is 0 Å². The fraction of sp³-hybridized carbons (Fsp3) is 0.571. The van der Waals surface area contributed by atoms with E-state index in [-0.39, 0.29) is 11.2 Å². The summed E-state index contributed by atoms with van der Waals surface area (Å²) in [5, 5.41) is 1.97. The van der Waals surface area contributed by atoms with Gasteiger partial charge in [0, 0.05) is 0 Å². The quantitative estimate of drug-likeness (QED) is 0.570. The molecule has 0 amide bonds. The number of rotatable bonds is 2. The van der Waals surface area contributed by atoms with E-state index >= 15 is 0 Å². The van der Waals surface area contributed by atoms with E-state index in [2.05, 4.69) is 0 Å².